The molecule has 2 rings (SSSR count). The normalized spacial score (nSPS) is 21.5. The van der Waals surface area contributed by atoms with E-state index in [0.717, 1.165) is 25.0 Å². The Labute approximate surface area is 106 Å². The van der Waals surface area contributed by atoms with Crippen LogP contribution in [-0.4, -0.2) is 24.9 Å². The number of aliphatic hydroxyl groups excluding tert-OH is 1. The lowest BCUT2D eigenvalue weighted by Crippen LogP contribution is -2.11. The number of rotatable bonds is 4. The van der Waals surface area contributed by atoms with Gasteiger partial charge in [0.25, 0.3) is 0 Å². The largest absolute Gasteiger partial charge is 0.495 e. The summed E-state index contributed by atoms with van der Waals surface area (Å²) in [5.41, 5.74) is 0.811. The second-order valence-electron chi connectivity index (χ2n) is 4.28. The molecule has 2 atom stereocenters. The Hall–Kier alpha value is -0.770. The summed E-state index contributed by atoms with van der Waals surface area (Å²) in [7, 11) is 1.57. The third-order valence-corrected chi connectivity index (χ3v) is 3.37. The van der Waals surface area contributed by atoms with Crippen LogP contribution in [0.5, 0.6) is 5.75 Å². The van der Waals surface area contributed by atoms with Crippen molar-refractivity contribution < 1.29 is 14.6 Å². The molecule has 17 heavy (non-hydrogen) atoms. The van der Waals surface area contributed by atoms with Gasteiger partial charge in [-0.1, -0.05) is 17.7 Å². The van der Waals surface area contributed by atoms with Crippen molar-refractivity contribution in [3.63, 3.8) is 0 Å². The highest BCUT2D eigenvalue weighted by atomic mass is 35.5. The number of halogens is 1. The van der Waals surface area contributed by atoms with Gasteiger partial charge in [-0.2, -0.15) is 0 Å². The van der Waals surface area contributed by atoms with Gasteiger partial charge < -0.3 is 14.6 Å². The van der Waals surface area contributed by atoms with E-state index >= 15 is 0 Å². The molecule has 1 saturated heterocycles. The molecule has 0 saturated carbocycles. The lowest BCUT2D eigenvalue weighted by atomic mass is 10.0. The van der Waals surface area contributed by atoms with Crippen molar-refractivity contribution in [2.45, 2.75) is 31.5 Å². The molecule has 1 aliphatic heterocycles. The van der Waals surface area contributed by atoms with Gasteiger partial charge in [0.2, 0.25) is 0 Å². The topological polar surface area (TPSA) is 38.7 Å². The summed E-state index contributed by atoms with van der Waals surface area (Å²) in [6, 6.07) is 5.36. The second kappa shape index (κ2) is 5.71. The van der Waals surface area contributed by atoms with E-state index in [1.165, 1.54) is 0 Å². The molecule has 0 aliphatic carbocycles. The van der Waals surface area contributed by atoms with Gasteiger partial charge in [0.05, 0.1) is 24.3 Å². The van der Waals surface area contributed by atoms with Crippen LogP contribution in [-0.2, 0) is 4.74 Å². The first-order valence-electron chi connectivity index (χ1n) is 5.84. The third-order valence-electron chi connectivity index (χ3n) is 3.07. The van der Waals surface area contributed by atoms with Crippen molar-refractivity contribution in [1.29, 1.82) is 0 Å². The Balaban J connectivity index is 2.02. The Bertz CT molecular complexity index is 375. The predicted octanol–water partition coefficient (Wildman–Crippen LogP) is 2.95. The molecule has 1 fully saturated rings. The molecule has 1 heterocycles. The van der Waals surface area contributed by atoms with E-state index < -0.39 is 6.10 Å². The van der Waals surface area contributed by atoms with Crippen LogP contribution in [0.4, 0.5) is 0 Å². The average Bonchev–Trinajstić information content (AvgIpc) is 2.81. The molecule has 0 spiro atoms. The Morgan fingerprint density at radius 1 is 1.59 bits per heavy atom. The predicted molar refractivity (Wildman–Crippen MR) is 66.6 cm³/mol. The van der Waals surface area contributed by atoms with Crippen LogP contribution in [0.2, 0.25) is 5.02 Å². The fourth-order valence-corrected chi connectivity index (χ4v) is 2.37. The van der Waals surface area contributed by atoms with Gasteiger partial charge in [-0.05, 0) is 30.5 Å². The minimum Gasteiger partial charge on any atom is -0.495 e. The van der Waals surface area contributed by atoms with Crippen LogP contribution in [0.3, 0.4) is 0 Å². The van der Waals surface area contributed by atoms with Crippen LogP contribution in [0.1, 0.15) is 30.9 Å². The Morgan fingerprint density at radius 3 is 3.00 bits per heavy atom. The van der Waals surface area contributed by atoms with Crippen molar-refractivity contribution >= 4 is 11.6 Å². The summed E-state index contributed by atoms with van der Waals surface area (Å²) < 4.78 is 10.6. The molecule has 1 N–H and O–H groups in total. The highest BCUT2D eigenvalue weighted by Crippen LogP contribution is 2.30. The first kappa shape index (κ1) is 12.7. The minimum absolute atomic E-state index is 0.172. The maximum atomic E-state index is 10.1. The van der Waals surface area contributed by atoms with E-state index in [2.05, 4.69) is 0 Å². The zero-order chi connectivity index (χ0) is 12.3. The summed E-state index contributed by atoms with van der Waals surface area (Å²) in [5.74, 6) is 0.625. The Morgan fingerprint density at radius 2 is 2.41 bits per heavy atom. The quantitative estimate of drug-likeness (QED) is 0.900. The lowest BCUT2D eigenvalue weighted by Gasteiger charge is -2.16. The van der Waals surface area contributed by atoms with E-state index in [-0.39, 0.29) is 6.10 Å². The first-order valence-corrected chi connectivity index (χ1v) is 6.21. The van der Waals surface area contributed by atoms with Gasteiger partial charge in [-0.25, -0.2) is 0 Å². The van der Waals surface area contributed by atoms with E-state index in [9.17, 15) is 5.11 Å². The third kappa shape index (κ3) is 3.12. The molecule has 1 aromatic carbocycles. The van der Waals surface area contributed by atoms with Gasteiger partial charge in [-0.3, -0.25) is 0 Å². The van der Waals surface area contributed by atoms with Gasteiger partial charge >= 0.3 is 0 Å². The van der Waals surface area contributed by atoms with Crippen LogP contribution >= 0.6 is 11.6 Å². The summed E-state index contributed by atoms with van der Waals surface area (Å²) >= 11 is 6.02. The van der Waals surface area contributed by atoms with Gasteiger partial charge in [0, 0.05) is 13.0 Å². The van der Waals surface area contributed by atoms with Crippen molar-refractivity contribution in [1.82, 2.24) is 0 Å². The molecule has 2 unspecified atom stereocenters. The zero-order valence-corrected chi connectivity index (χ0v) is 10.6. The monoisotopic (exact) mass is 256 g/mol. The summed E-state index contributed by atoms with van der Waals surface area (Å²) in [6.45, 7) is 0.806. The zero-order valence-electron chi connectivity index (χ0n) is 9.86. The van der Waals surface area contributed by atoms with E-state index in [0.29, 0.717) is 17.2 Å². The molecular weight excluding hydrogens is 240 g/mol. The summed E-state index contributed by atoms with van der Waals surface area (Å²) in [4.78, 5) is 0. The highest BCUT2D eigenvalue weighted by Gasteiger charge is 2.20. The van der Waals surface area contributed by atoms with Crippen LogP contribution in [0.25, 0.3) is 0 Å². The molecule has 0 bridgehead atoms. The average molecular weight is 257 g/mol. The fraction of sp³-hybridized carbons (Fsp3) is 0.538. The van der Waals surface area contributed by atoms with Gasteiger partial charge in [-0.15, -0.1) is 0 Å². The molecule has 0 aromatic heterocycles. The van der Waals surface area contributed by atoms with Gasteiger partial charge in [0.15, 0.2) is 0 Å². The molecule has 1 aromatic rings. The van der Waals surface area contributed by atoms with E-state index in [4.69, 9.17) is 21.1 Å². The molecule has 0 radical (unpaired) electrons. The van der Waals surface area contributed by atoms with Crippen LogP contribution in [0.15, 0.2) is 18.2 Å². The van der Waals surface area contributed by atoms with E-state index in [1.54, 1.807) is 19.2 Å². The maximum Gasteiger partial charge on any atom is 0.137 e. The van der Waals surface area contributed by atoms with Crippen molar-refractivity contribution in [2.75, 3.05) is 13.7 Å². The van der Waals surface area contributed by atoms with Crippen LogP contribution < -0.4 is 4.74 Å². The van der Waals surface area contributed by atoms with Crippen molar-refractivity contribution in [3.8, 4) is 5.75 Å². The SMILES string of the molecule is COc1ccc(C(O)CC2CCCO2)cc1Cl. The number of benzene rings is 1. The lowest BCUT2D eigenvalue weighted by molar-refractivity contribution is 0.0535. The van der Waals surface area contributed by atoms with Gasteiger partial charge in [0.1, 0.15) is 5.75 Å². The number of hydrogen-bond acceptors (Lipinski definition) is 3. The molecular formula is C13H17ClO3. The molecule has 94 valence electrons. The number of aliphatic hydroxyl groups is 1. The number of ether oxygens (including phenoxy) is 2. The molecule has 1 aliphatic rings. The maximum absolute atomic E-state index is 10.1. The second-order valence-corrected chi connectivity index (χ2v) is 4.69. The van der Waals surface area contributed by atoms with E-state index in [1.807, 2.05) is 6.07 Å². The standard InChI is InChI=1S/C13H17ClO3/c1-16-13-5-4-9(7-11(13)14)12(15)8-10-3-2-6-17-10/h4-5,7,10,12,15H,2-3,6,8H2,1H3. The molecule has 3 nitrogen and oxygen atoms in total. The van der Waals surface area contributed by atoms with Crippen LogP contribution in [0, 0.1) is 0 Å². The van der Waals surface area contributed by atoms with Crippen molar-refractivity contribution in [2.24, 2.45) is 0 Å². The highest BCUT2D eigenvalue weighted by molar-refractivity contribution is 6.32. The first-order chi connectivity index (χ1) is 8.20. The summed E-state index contributed by atoms with van der Waals surface area (Å²) in [5, 5.41) is 10.6. The summed E-state index contributed by atoms with van der Waals surface area (Å²) in [6.07, 6.45) is 2.39. The number of methoxy groups -OCH3 is 1. The fourth-order valence-electron chi connectivity index (χ4n) is 2.11. The molecule has 0 amide bonds. The Kier molecular flexibility index (Phi) is 4.26. The van der Waals surface area contributed by atoms with Crippen molar-refractivity contribution in [3.05, 3.63) is 28.8 Å². The minimum atomic E-state index is -0.526. The smallest absolute Gasteiger partial charge is 0.137 e. The molecule has 4 heteroatoms. The number of hydrogen-bond donors (Lipinski definition) is 1.